The Morgan fingerprint density at radius 2 is 1.90 bits per heavy atom. The number of phenols is 1. The van der Waals surface area contributed by atoms with E-state index in [4.69, 9.17) is 16.3 Å². The van der Waals surface area contributed by atoms with Gasteiger partial charge in [0.05, 0.1) is 23.4 Å². The fraction of sp³-hybridized carbons (Fsp3) is 0.0870. The fourth-order valence-corrected chi connectivity index (χ4v) is 3.08. The number of fused-ring (bicyclic) bond motifs is 1. The highest BCUT2D eigenvalue weighted by molar-refractivity contribution is 6.32. The molecule has 3 rings (SSSR count). The Morgan fingerprint density at radius 1 is 1.17 bits per heavy atom. The fourth-order valence-electron chi connectivity index (χ4n) is 2.90. The zero-order valence-corrected chi connectivity index (χ0v) is 16.9. The van der Waals surface area contributed by atoms with Gasteiger partial charge < -0.3 is 9.84 Å². The molecule has 0 aliphatic heterocycles. The molecule has 6 nitrogen and oxygen atoms in total. The van der Waals surface area contributed by atoms with Gasteiger partial charge in [-0.25, -0.2) is 10.2 Å². The van der Waals surface area contributed by atoms with Crippen molar-refractivity contribution in [1.29, 1.82) is 0 Å². The number of aromatic hydroxyl groups is 1. The second-order valence-corrected chi connectivity index (χ2v) is 6.72. The number of hydrogen-bond acceptors (Lipinski definition) is 5. The number of ether oxygens (including phenoxy) is 1. The summed E-state index contributed by atoms with van der Waals surface area (Å²) in [6, 6.07) is 15.2. The molecule has 0 atom stereocenters. The van der Waals surface area contributed by atoms with Crippen molar-refractivity contribution in [3.05, 3.63) is 82.9 Å². The number of nitrogens with zero attached hydrogens (tertiary/aromatic N) is 1. The minimum Gasteiger partial charge on any atom is -0.506 e. The molecule has 0 aromatic heterocycles. The molecule has 0 spiro atoms. The summed E-state index contributed by atoms with van der Waals surface area (Å²) in [5.41, 5.74) is 4.38. The monoisotopic (exact) mass is 422 g/mol. The van der Waals surface area contributed by atoms with E-state index in [1.807, 2.05) is 24.3 Å². The Morgan fingerprint density at radius 3 is 2.60 bits per heavy atom. The lowest BCUT2D eigenvalue weighted by Crippen LogP contribution is -2.17. The number of hydrogen-bond donors (Lipinski definition) is 2. The van der Waals surface area contributed by atoms with Crippen LogP contribution in [0.3, 0.4) is 0 Å². The van der Waals surface area contributed by atoms with Crippen molar-refractivity contribution in [1.82, 2.24) is 5.43 Å². The molecular formula is C23H19ClN2O4. The largest absolute Gasteiger partial charge is 0.506 e. The van der Waals surface area contributed by atoms with Gasteiger partial charge in [-0.05, 0) is 41.5 Å². The van der Waals surface area contributed by atoms with Crippen LogP contribution in [0.5, 0.6) is 5.75 Å². The zero-order valence-electron chi connectivity index (χ0n) is 16.2. The van der Waals surface area contributed by atoms with Gasteiger partial charge in [0.2, 0.25) is 0 Å². The van der Waals surface area contributed by atoms with E-state index >= 15 is 0 Å². The molecule has 0 aliphatic rings. The van der Waals surface area contributed by atoms with Crippen LogP contribution < -0.4 is 5.43 Å². The molecule has 0 unspecified atom stereocenters. The van der Waals surface area contributed by atoms with E-state index in [1.165, 1.54) is 24.4 Å². The third-order valence-electron chi connectivity index (χ3n) is 4.38. The first-order valence-electron chi connectivity index (χ1n) is 9.12. The Balaban J connectivity index is 1.85. The van der Waals surface area contributed by atoms with E-state index in [9.17, 15) is 14.7 Å². The predicted octanol–water partition coefficient (Wildman–Crippen LogP) is 4.54. The van der Waals surface area contributed by atoms with Gasteiger partial charge in [0, 0.05) is 11.1 Å². The summed E-state index contributed by atoms with van der Waals surface area (Å²) < 4.78 is 5.05. The summed E-state index contributed by atoms with van der Waals surface area (Å²) in [6.07, 6.45) is 1.51. The Labute approximate surface area is 178 Å². The van der Waals surface area contributed by atoms with Gasteiger partial charge in [-0.1, -0.05) is 54.6 Å². The van der Waals surface area contributed by atoms with Crippen LogP contribution >= 0.6 is 11.6 Å². The third kappa shape index (κ3) is 4.50. The number of hydrazone groups is 1. The Hall–Kier alpha value is -3.64. The van der Waals surface area contributed by atoms with Crippen molar-refractivity contribution in [2.75, 3.05) is 6.61 Å². The SMILES string of the molecule is C=C(C(=O)OCC)c1ccc(/C=N/NC(=O)c2ccc(O)c(Cl)c2)c2ccccc12. The molecule has 30 heavy (non-hydrogen) atoms. The third-order valence-corrected chi connectivity index (χ3v) is 4.69. The number of phenolic OH excluding ortho intramolecular Hbond substituents is 1. The van der Waals surface area contributed by atoms with E-state index in [0.29, 0.717) is 5.56 Å². The van der Waals surface area contributed by atoms with E-state index in [1.54, 1.807) is 19.1 Å². The van der Waals surface area contributed by atoms with E-state index < -0.39 is 11.9 Å². The van der Waals surface area contributed by atoms with Gasteiger partial charge in [-0.2, -0.15) is 5.10 Å². The van der Waals surface area contributed by atoms with Crippen LogP contribution in [-0.4, -0.2) is 29.8 Å². The van der Waals surface area contributed by atoms with E-state index in [-0.39, 0.29) is 28.5 Å². The molecule has 0 heterocycles. The minimum absolute atomic E-state index is 0.0787. The molecule has 7 heteroatoms. The Bertz CT molecular complexity index is 1170. The first kappa shape index (κ1) is 21.1. The zero-order chi connectivity index (χ0) is 21.7. The smallest absolute Gasteiger partial charge is 0.338 e. The number of nitrogens with one attached hydrogen (secondary N) is 1. The number of carbonyl (C=O) groups is 2. The summed E-state index contributed by atoms with van der Waals surface area (Å²) >= 11 is 5.83. The van der Waals surface area contributed by atoms with E-state index in [2.05, 4.69) is 17.1 Å². The highest BCUT2D eigenvalue weighted by Crippen LogP contribution is 2.27. The molecule has 0 aliphatic carbocycles. The van der Waals surface area contributed by atoms with Gasteiger partial charge in [-0.15, -0.1) is 0 Å². The Kier molecular flexibility index (Phi) is 6.49. The van der Waals surface area contributed by atoms with Gasteiger partial charge in [-0.3, -0.25) is 4.79 Å². The van der Waals surface area contributed by atoms with Crippen LogP contribution in [0.1, 0.15) is 28.4 Å². The summed E-state index contributed by atoms with van der Waals surface area (Å²) in [6.45, 7) is 5.87. The average Bonchev–Trinajstić information content (AvgIpc) is 2.75. The molecular weight excluding hydrogens is 404 g/mol. The number of rotatable bonds is 6. The van der Waals surface area contributed by atoms with Crippen molar-refractivity contribution in [2.24, 2.45) is 5.10 Å². The van der Waals surface area contributed by atoms with Crippen molar-refractivity contribution in [3.63, 3.8) is 0 Å². The molecule has 0 fully saturated rings. The second kappa shape index (κ2) is 9.24. The number of halogens is 1. The molecule has 0 radical (unpaired) electrons. The lowest BCUT2D eigenvalue weighted by Gasteiger charge is -2.11. The minimum atomic E-state index is -0.469. The molecule has 0 saturated heterocycles. The van der Waals surface area contributed by atoms with Crippen LogP contribution in [0.2, 0.25) is 5.02 Å². The normalized spacial score (nSPS) is 10.9. The second-order valence-electron chi connectivity index (χ2n) is 6.31. The van der Waals surface area contributed by atoms with E-state index in [0.717, 1.165) is 16.3 Å². The molecule has 0 bridgehead atoms. The highest BCUT2D eigenvalue weighted by Gasteiger charge is 2.14. The molecule has 2 N–H and O–H groups in total. The molecule has 3 aromatic rings. The van der Waals surface area contributed by atoms with Crippen molar-refractivity contribution >= 4 is 46.0 Å². The molecule has 3 aromatic carbocycles. The summed E-state index contributed by atoms with van der Waals surface area (Å²) in [4.78, 5) is 24.3. The van der Waals surface area contributed by atoms with Crippen LogP contribution in [0.15, 0.2) is 66.3 Å². The maximum Gasteiger partial charge on any atom is 0.338 e. The standard InChI is InChI=1S/C23H19ClN2O4/c1-3-30-23(29)14(2)17-10-8-16(18-6-4-5-7-19(17)18)13-25-26-22(28)15-9-11-21(27)20(24)12-15/h4-13,27H,2-3H2,1H3,(H,26,28)/b25-13+. The van der Waals surface area contributed by atoms with Crippen molar-refractivity contribution < 1.29 is 19.4 Å². The molecule has 0 saturated carbocycles. The van der Waals surface area contributed by atoms with Crippen LogP contribution in [-0.2, 0) is 9.53 Å². The van der Waals surface area contributed by atoms with Crippen LogP contribution in [0.4, 0.5) is 0 Å². The maximum atomic E-state index is 12.2. The van der Waals surface area contributed by atoms with Gasteiger partial charge >= 0.3 is 5.97 Å². The summed E-state index contributed by atoms with van der Waals surface area (Å²) in [5.74, 6) is -1.04. The highest BCUT2D eigenvalue weighted by atomic mass is 35.5. The van der Waals surface area contributed by atoms with Crippen LogP contribution in [0.25, 0.3) is 16.3 Å². The first-order valence-corrected chi connectivity index (χ1v) is 9.50. The topological polar surface area (TPSA) is 88.0 Å². The van der Waals surface area contributed by atoms with Crippen molar-refractivity contribution in [2.45, 2.75) is 6.92 Å². The summed E-state index contributed by atoms with van der Waals surface area (Å²) in [7, 11) is 0. The van der Waals surface area contributed by atoms with Gasteiger partial charge in [0.1, 0.15) is 5.75 Å². The maximum absolute atomic E-state index is 12.2. The first-order chi connectivity index (χ1) is 14.4. The van der Waals surface area contributed by atoms with Crippen molar-refractivity contribution in [3.8, 4) is 5.75 Å². The summed E-state index contributed by atoms with van der Waals surface area (Å²) in [5, 5.41) is 15.2. The lowest BCUT2D eigenvalue weighted by molar-refractivity contribution is -0.136. The van der Waals surface area contributed by atoms with Crippen LogP contribution in [0, 0.1) is 0 Å². The molecule has 1 amide bonds. The number of carbonyl (C=O) groups excluding carboxylic acids is 2. The molecule has 152 valence electrons. The average molecular weight is 423 g/mol. The predicted molar refractivity (Wildman–Crippen MR) is 118 cm³/mol. The number of benzene rings is 3. The lowest BCUT2D eigenvalue weighted by atomic mass is 9.96. The van der Waals surface area contributed by atoms with Gasteiger partial charge in [0.15, 0.2) is 0 Å². The van der Waals surface area contributed by atoms with Gasteiger partial charge in [0.25, 0.3) is 5.91 Å². The quantitative estimate of drug-likeness (QED) is 0.264. The number of amides is 1. The number of esters is 1.